The van der Waals surface area contributed by atoms with Crippen molar-refractivity contribution in [2.45, 2.75) is 46.2 Å². The van der Waals surface area contributed by atoms with Crippen molar-refractivity contribution in [1.82, 2.24) is 14.9 Å². The molecule has 3 aromatic rings. The largest absolute Gasteiger partial charge is 0.425 e. The van der Waals surface area contributed by atoms with Crippen molar-refractivity contribution in [2.75, 3.05) is 0 Å². The Labute approximate surface area is 249 Å². The third kappa shape index (κ3) is 6.78. The number of carbonyl (C=O) groups excluding carboxylic acids is 4. The molecule has 0 bridgehead atoms. The molecule has 1 aliphatic rings. The Morgan fingerprint density at radius 2 is 1.51 bits per heavy atom. The van der Waals surface area contributed by atoms with Crippen molar-refractivity contribution >= 4 is 35.1 Å². The van der Waals surface area contributed by atoms with Gasteiger partial charge in [0.15, 0.2) is 6.04 Å². The number of ether oxygens (including phenoxy) is 1. The van der Waals surface area contributed by atoms with Gasteiger partial charge in [-0.1, -0.05) is 74.5 Å². The van der Waals surface area contributed by atoms with E-state index in [0.717, 1.165) is 5.01 Å². The van der Waals surface area contributed by atoms with Crippen molar-refractivity contribution in [3.05, 3.63) is 112 Å². The molecule has 4 rings (SSSR count). The monoisotopic (exact) mass is 584 g/mol. The Morgan fingerprint density at radius 1 is 0.930 bits per heavy atom. The van der Waals surface area contributed by atoms with E-state index in [1.165, 1.54) is 54.2 Å². The van der Waals surface area contributed by atoms with E-state index in [2.05, 4.69) is 0 Å². The fourth-order valence-corrected chi connectivity index (χ4v) is 4.98. The zero-order valence-corrected chi connectivity index (χ0v) is 24.2. The van der Waals surface area contributed by atoms with Crippen LogP contribution in [0.3, 0.4) is 0 Å². The topological polar surface area (TPSA) is 130 Å². The van der Waals surface area contributed by atoms with Gasteiger partial charge in [-0.2, -0.15) is 0 Å². The van der Waals surface area contributed by atoms with Gasteiger partial charge in [0.25, 0.3) is 11.6 Å². The van der Waals surface area contributed by atoms with E-state index >= 15 is 0 Å². The van der Waals surface area contributed by atoms with E-state index in [0.29, 0.717) is 11.1 Å². The summed E-state index contributed by atoms with van der Waals surface area (Å²) in [7, 11) is 0. The summed E-state index contributed by atoms with van der Waals surface area (Å²) in [6.07, 6.45) is 1.52. The van der Waals surface area contributed by atoms with Gasteiger partial charge in [0.1, 0.15) is 11.8 Å². The maximum absolute atomic E-state index is 14.3. The minimum Gasteiger partial charge on any atom is -0.425 e. The summed E-state index contributed by atoms with van der Waals surface area (Å²) < 4.78 is 5.64. The van der Waals surface area contributed by atoms with Crippen LogP contribution in [0.5, 0.6) is 5.75 Å². The summed E-state index contributed by atoms with van der Waals surface area (Å²) in [5.41, 5.74) is 1.28. The lowest BCUT2D eigenvalue weighted by atomic mass is 9.97. The second-order valence-corrected chi connectivity index (χ2v) is 10.4. The number of hydrazine groups is 1. The molecule has 3 aromatic carbocycles. The minimum absolute atomic E-state index is 0.0130. The van der Waals surface area contributed by atoms with Crippen LogP contribution in [0.4, 0.5) is 5.69 Å². The highest BCUT2D eigenvalue weighted by molar-refractivity contribution is 5.99. The number of benzene rings is 3. The number of non-ortho nitro benzene ring substituents is 1. The molecule has 0 radical (unpaired) electrons. The molecule has 0 saturated carbocycles. The number of rotatable bonds is 9. The zero-order valence-electron chi connectivity index (χ0n) is 24.2. The number of esters is 1. The van der Waals surface area contributed by atoms with Crippen molar-refractivity contribution in [3.63, 3.8) is 0 Å². The van der Waals surface area contributed by atoms with Crippen LogP contribution in [0.2, 0.25) is 0 Å². The molecule has 0 spiro atoms. The molecule has 11 heteroatoms. The van der Waals surface area contributed by atoms with Gasteiger partial charge < -0.3 is 9.64 Å². The number of nitro groups is 1. The van der Waals surface area contributed by atoms with E-state index in [9.17, 15) is 29.3 Å². The van der Waals surface area contributed by atoms with E-state index in [1.54, 1.807) is 68.4 Å². The lowest BCUT2D eigenvalue weighted by Gasteiger charge is -2.46. The number of hydrogen-bond donors (Lipinski definition) is 0. The molecule has 1 unspecified atom stereocenters. The van der Waals surface area contributed by atoms with Gasteiger partial charge in [0.2, 0.25) is 11.8 Å². The van der Waals surface area contributed by atoms with Crippen LogP contribution in [-0.4, -0.2) is 55.6 Å². The molecular weight excluding hydrogens is 552 g/mol. The predicted octanol–water partition coefficient (Wildman–Crippen LogP) is 4.59. The Bertz CT molecular complexity index is 1540. The summed E-state index contributed by atoms with van der Waals surface area (Å²) in [5.74, 6) is -2.70. The zero-order chi connectivity index (χ0) is 31.3. The highest BCUT2D eigenvalue weighted by Crippen LogP contribution is 2.33. The second-order valence-electron chi connectivity index (χ2n) is 10.4. The summed E-state index contributed by atoms with van der Waals surface area (Å²) in [4.78, 5) is 66.3. The first-order valence-electron chi connectivity index (χ1n) is 13.7. The van der Waals surface area contributed by atoms with Crippen LogP contribution in [0.25, 0.3) is 5.70 Å². The molecule has 3 amide bonds. The number of carbonyl (C=O) groups is 4. The molecule has 2 atom stereocenters. The van der Waals surface area contributed by atoms with Gasteiger partial charge >= 0.3 is 5.97 Å². The maximum Gasteiger partial charge on any atom is 0.336 e. The predicted molar refractivity (Wildman–Crippen MR) is 158 cm³/mol. The average Bonchev–Trinajstić information content (AvgIpc) is 2.98. The normalized spacial score (nSPS) is 15.5. The maximum atomic E-state index is 14.3. The lowest BCUT2D eigenvalue weighted by molar-refractivity contribution is -0.384. The summed E-state index contributed by atoms with van der Waals surface area (Å²) in [6, 6.07) is 20.4. The molecule has 0 fully saturated rings. The van der Waals surface area contributed by atoms with E-state index in [4.69, 9.17) is 4.74 Å². The molecule has 0 aliphatic carbocycles. The van der Waals surface area contributed by atoms with Gasteiger partial charge in [-0.3, -0.25) is 24.5 Å². The molecular formula is C32H32N4O7. The van der Waals surface area contributed by atoms with Crippen molar-refractivity contribution in [1.29, 1.82) is 0 Å². The van der Waals surface area contributed by atoms with Gasteiger partial charge in [0.05, 0.1) is 10.6 Å². The van der Waals surface area contributed by atoms with Gasteiger partial charge in [-0.05, 0) is 23.6 Å². The molecule has 0 saturated heterocycles. The van der Waals surface area contributed by atoms with Crippen LogP contribution in [-0.2, 0) is 25.6 Å². The van der Waals surface area contributed by atoms with E-state index < -0.39 is 34.8 Å². The second kappa shape index (κ2) is 13.1. The third-order valence-corrected chi connectivity index (χ3v) is 6.96. The lowest BCUT2D eigenvalue weighted by Crippen LogP contribution is -2.63. The molecule has 1 aliphatic heterocycles. The van der Waals surface area contributed by atoms with Gasteiger partial charge in [0, 0.05) is 44.2 Å². The molecule has 222 valence electrons. The van der Waals surface area contributed by atoms with Crippen LogP contribution >= 0.6 is 0 Å². The molecule has 0 aromatic heterocycles. The SMILES string of the molecule is CC(=O)N1C=C(c2ccccc2)N(N(C(C)=O)[C@@H](Cc2ccccc2)C(=O)Oc2ccc([N+](=O)[O-])cc2)C(=O)C1C(C)C. The minimum atomic E-state index is -1.33. The smallest absolute Gasteiger partial charge is 0.336 e. The molecule has 1 heterocycles. The Hall–Kier alpha value is -5.32. The summed E-state index contributed by atoms with van der Waals surface area (Å²) >= 11 is 0. The number of amides is 3. The standard InChI is InChI=1S/C32H32N4O7/c1-21(2)30-31(39)35(29(20-33(30)22(3)37)25-13-9-6-10-14-25)34(23(4)38)28(19-24-11-7-5-8-12-24)32(40)43-27-17-15-26(16-18-27)36(41)42/h5-18,20-21,28,30H,19H2,1-4H3/t28-,30?/m0/s1. The number of hydrogen-bond acceptors (Lipinski definition) is 7. The van der Waals surface area contributed by atoms with Crippen molar-refractivity contribution < 1.29 is 28.8 Å². The summed E-state index contributed by atoms with van der Waals surface area (Å²) in [6.45, 7) is 6.19. The first-order chi connectivity index (χ1) is 20.5. The Kier molecular flexibility index (Phi) is 9.34. The fraction of sp³-hybridized carbons (Fsp3) is 0.250. The van der Waals surface area contributed by atoms with Gasteiger partial charge in [-0.25, -0.2) is 14.8 Å². The highest BCUT2D eigenvalue weighted by atomic mass is 16.6. The van der Waals surface area contributed by atoms with Gasteiger partial charge in [-0.15, -0.1) is 0 Å². The Morgan fingerprint density at radius 3 is 2.02 bits per heavy atom. The van der Waals surface area contributed by atoms with Crippen molar-refractivity contribution in [3.8, 4) is 5.75 Å². The first-order valence-corrected chi connectivity index (χ1v) is 13.7. The van der Waals surface area contributed by atoms with Crippen LogP contribution < -0.4 is 4.74 Å². The number of nitro benzene ring substituents is 1. The van der Waals surface area contributed by atoms with Crippen LogP contribution in [0.15, 0.2) is 91.1 Å². The molecule has 0 N–H and O–H groups in total. The number of nitrogens with zero attached hydrogens (tertiary/aromatic N) is 4. The average molecular weight is 585 g/mol. The summed E-state index contributed by atoms with van der Waals surface area (Å²) in [5, 5.41) is 13.3. The van der Waals surface area contributed by atoms with E-state index in [1.807, 2.05) is 6.07 Å². The fourth-order valence-electron chi connectivity index (χ4n) is 4.98. The first kappa shape index (κ1) is 30.6. The molecule has 43 heavy (non-hydrogen) atoms. The quantitative estimate of drug-likeness (QED) is 0.156. The van der Waals surface area contributed by atoms with E-state index in [-0.39, 0.29) is 35.4 Å². The van der Waals surface area contributed by atoms with Crippen LogP contribution in [0.1, 0.15) is 38.8 Å². The molecule has 11 nitrogen and oxygen atoms in total. The van der Waals surface area contributed by atoms with Crippen LogP contribution in [0, 0.1) is 16.0 Å². The van der Waals surface area contributed by atoms with Crippen molar-refractivity contribution in [2.24, 2.45) is 5.92 Å². The third-order valence-electron chi connectivity index (χ3n) is 6.96. The Balaban J connectivity index is 1.86. The highest BCUT2D eigenvalue weighted by Gasteiger charge is 2.46.